The Kier molecular flexibility index (Phi) is 5.17. The van der Waals surface area contributed by atoms with Crippen LogP contribution in [0.15, 0.2) is 83.3 Å². The third-order valence-electron chi connectivity index (χ3n) is 15.7. The van der Waals surface area contributed by atoms with Crippen molar-refractivity contribution < 1.29 is 4.42 Å². The van der Waals surface area contributed by atoms with Crippen molar-refractivity contribution in [3.05, 3.63) is 123 Å². The predicted octanol–water partition coefficient (Wildman–Crippen LogP) is 13.2. The molecule has 56 heavy (non-hydrogen) atoms. The molecule has 9 aromatic rings. The fourth-order valence-electron chi connectivity index (χ4n) is 12.9. The van der Waals surface area contributed by atoms with Crippen molar-refractivity contribution in [2.45, 2.75) is 88.9 Å². The maximum Gasteiger partial charge on any atom is 0.145 e. The van der Waals surface area contributed by atoms with Crippen molar-refractivity contribution in [3.63, 3.8) is 0 Å². The summed E-state index contributed by atoms with van der Waals surface area (Å²) in [5.74, 6) is 0. The quantitative estimate of drug-likeness (QED) is 0.157. The molecular weight excluding hydrogens is 683 g/mol. The largest absolute Gasteiger partial charge is 0.455 e. The van der Waals surface area contributed by atoms with Gasteiger partial charge >= 0.3 is 0 Å². The molecule has 268 valence electrons. The second kappa shape index (κ2) is 9.29. The molecule has 0 saturated heterocycles. The van der Waals surface area contributed by atoms with Crippen LogP contribution in [0.25, 0.3) is 82.3 Å². The van der Waals surface area contributed by atoms with Crippen molar-refractivity contribution in [2.24, 2.45) is 0 Å². The highest BCUT2D eigenvalue weighted by atomic mass is 16.3. The Hall–Kier alpha value is -6.10. The molecule has 0 N–H and O–H groups in total. The summed E-state index contributed by atoms with van der Waals surface area (Å²) in [7, 11) is 0. The highest BCUT2D eigenvalue weighted by Crippen LogP contribution is 2.61. The third-order valence-corrected chi connectivity index (χ3v) is 15.7. The molecule has 0 radical (unpaired) electrons. The number of hydrogen-bond acceptors (Lipinski definition) is 3. The normalized spacial score (nSPS) is 22.2. The van der Waals surface area contributed by atoms with Crippen molar-refractivity contribution >= 4 is 60.0 Å². The van der Waals surface area contributed by atoms with Crippen LogP contribution in [0.1, 0.15) is 112 Å². The van der Waals surface area contributed by atoms with E-state index in [4.69, 9.17) is 4.42 Å². The van der Waals surface area contributed by atoms with Crippen molar-refractivity contribution in [3.8, 4) is 34.4 Å². The molecule has 0 unspecified atom stereocenters. The summed E-state index contributed by atoms with van der Waals surface area (Å²) in [4.78, 5) is 0. The Labute approximate surface area is 324 Å². The topological polar surface area (TPSA) is 65.1 Å². The molecule has 14 rings (SSSR count). The molecule has 0 amide bonds. The summed E-state index contributed by atoms with van der Waals surface area (Å²) in [6.45, 7) is 14.0. The highest BCUT2D eigenvalue weighted by molar-refractivity contribution is 6.36. The van der Waals surface area contributed by atoms with Crippen LogP contribution in [0.5, 0.6) is 0 Å². The zero-order valence-corrected chi connectivity index (χ0v) is 32.6. The van der Waals surface area contributed by atoms with Crippen molar-refractivity contribution in [1.82, 2.24) is 4.40 Å². The number of hydrogen-bond donors (Lipinski definition) is 0. The predicted molar refractivity (Wildman–Crippen MR) is 226 cm³/mol. The minimum Gasteiger partial charge on any atom is -0.455 e. The Balaban J connectivity index is 1.32. The van der Waals surface area contributed by atoms with Gasteiger partial charge in [-0.1, -0.05) is 90.1 Å². The smallest absolute Gasteiger partial charge is 0.145 e. The zero-order valence-electron chi connectivity index (χ0n) is 32.6. The third kappa shape index (κ3) is 3.18. The molecule has 2 bridgehead atoms. The molecule has 6 aromatic carbocycles. The minimum atomic E-state index is -0.362. The van der Waals surface area contributed by atoms with Gasteiger partial charge in [0.25, 0.3) is 0 Å². The number of nitriles is 2. The second-order valence-electron chi connectivity index (χ2n) is 19.2. The van der Waals surface area contributed by atoms with Gasteiger partial charge in [-0.2, -0.15) is 10.5 Å². The van der Waals surface area contributed by atoms with Crippen LogP contribution in [0.4, 0.5) is 0 Å². The first kappa shape index (κ1) is 31.1. The summed E-state index contributed by atoms with van der Waals surface area (Å²) in [5.41, 5.74) is 18.3. The highest BCUT2D eigenvalue weighted by Gasteiger charge is 2.48. The summed E-state index contributed by atoms with van der Waals surface area (Å²) in [5, 5.41) is 28.7. The molecule has 5 aliphatic carbocycles. The number of aromatic nitrogens is 1. The van der Waals surface area contributed by atoms with Crippen molar-refractivity contribution in [2.75, 3.05) is 0 Å². The van der Waals surface area contributed by atoms with E-state index < -0.39 is 0 Å². The fraction of sp³-hybridized carbons (Fsp3) is 0.269. The molecule has 1 saturated carbocycles. The Morgan fingerprint density at radius 2 is 1.07 bits per heavy atom. The molecule has 5 aliphatic rings. The Bertz CT molecular complexity index is 3470. The number of rotatable bonds is 0. The van der Waals surface area contributed by atoms with Crippen LogP contribution in [-0.4, -0.2) is 4.40 Å². The first-order chi connectivity index (χ1) is 26.9. The monoisotopic (exact) mass is 721 g/mol. The molecule has 0 atom stereocenters. The standard InChI is InChI=1S/C52H39N3O/c1-49(2)33-13-9-7-11-28(33)41-40-32-21-31-30-22-35-36(52(6)17-15-51(35,5)16-18-52)23-39(30)56-48(31)44-43-38(55(47(32)44)37(40)19-26(24-53)45(41)49)20-27(25-54)46-42(43)29-12-8-10-14-34(29)50(46,3)4/h7-14,19-23H,15-18H2,1-6H3. The molecule has 0 spiro atoms. The lowest BCUT2D eigenvalue weighted by Gasteiger charge is -2.52. The second-order valence-corrected chi connectivity index (χ2v) is 19.2. The summed E-state index contributed by atoms with van der Waals surface area (Å²) >= 11 is 0. The molecule has 3 aromatic heterocycles. The van der Waals surface area contributed by atoms with Gasteiger partial charge in [-0.3, -0.25) is 0 Å². The van der Waals surface area contributed by atoms with E-state index in [9.17, 15) is 10.5 Å². The van der Waals surface area contributed by atoms with Gasteiger partial charge in [0.2, 0.25) is 0 Å². The maximum atomic E-state index is 10.9. The van der Waals surface area contributed by atoms with E-state index in [1.54, 1.807) is 0 Å². The van der Waals surface area contributed by atoms with Gasteiger partial charge < -0.3 is 8.82 Å². The molecule has 4 nitrogen and oxygen atoms in total. The summed E-state index contributed by atoms with van der Waals surface area (Å²) < 4.78 is 9.65. The Morgan fingerprint density at radius 3 is 1.64 bits per heavy atom. The summed E-state index contributed by atoms with van der Waals surface area (Å²) in [6.07, 6.45) is 4.88. The number of benzene rings is 6. The lowest BCUT2D eigenvalue weighted by atomic mass is 9.52. The van der Waals surface area contributed by atoms with E-state index in [-0.39, 0.29) is 21.7 Å². The fourth-order valence-corrected chi connectivity index (χ4v) is 12.9. The van der Waals surface area contributed by atoms with E-state index in [0.29, 0.717) is 11.1 Å². The molecule has 4 heteroatoms. The van der Waals surface area contributed by atoms with E-state index in [1.807, 2.05) is 0 Å². The van der Waals surface area contributed by atoms with Crippen LogP contribution in [-0.2, 0) is 21.7 Å². The number of nitrogens with zero attached hydrogens (tertiary/aromatic N) is 3. The van der Waals surface area contributed by atoms with E-state index in [0.717, 1.165) is 66.1 Å². The first-order valence-electron chi connectivity index (χ1n) is 20.2. The van der Waals surface area contributed by atoms with Crippen LogP contribution in [0, 0.1) is 22.7 Å². The van der Waals surface area contributed by atoms with Gasteiger partial charge in [0.05, 0.1) is 45.2 Å². The van der Waals surface area contributed by atoms with Gasteiger partial charge in [-0.15, -0.1) is 0 Å². The van der Waals surface area contributed by atoms with Gasteiger partial charge in [-0.05, 0) is 122 Å². The zero-order chi connectivity index (χ0) is 38.0. The van der Waals surface area contributed by atoms with Crippen LogP contribution in [0.3, 0.4) is 0 Å². The van der Waals surface area contributed by atoms with Gasteiger partial charge in [0.15, 0.2) is 0 Å². The number of fused-ring (bicyclic) bond motifs is 20. The van der Waals surface area contributed by atoms with Crippen LogP contribution < -0.4 is 0 Å². The van der Waals surface area contributed by atoms with Crippen LogP contribution in [0.2, 0.25) is 0 Å². The minimum absolute atomic E-state index is 0.169. The average molecular weight is 722 g/mol. The van der Waals surface area contributed by atoms with Crippen LogP contribution >= 0.6 is 0 Å². The Morgan fingerprint density at radius 1 is 0.554 bits per heavy atom. The molecule has 1 fully saturated rings. The molecular formula is C52H39N3O. The molecule has 3 heterocycles. The van der Waals surface area contributed by atoms with Gasteiger partial charge in [-0.25, -0.2) is 0 Å². The average Bonchev–Trinajstić information content (AvgIpc) is 3.95. The lowest BCUT2D eigenvalue weighted by molar-refractivity contribution is 0.188. The van der Waals surface area contributed by atoms with E-state index >= 15 is 0 Å². The van der Waals surface area contributed by atoms with E-state index in [2.05, 4.69) is 137 Å². The van der Waals surface area contributed by atoms with Crippen molar-refractivity contribution in [1.29, 1.82) is 10.5 Å². The van der Waals surface area contributed by atoms with Gasteiger partial charge in [0, 0.05) is 37.8 Å². The molecule has 0 aliphatic heterocycles. The van der Waals surface area contributed by atoms with E-state index in [1.165, 1.54) is 75.2 Å². The summed E-state index contributed by atoms with van der Waals surface area (Å²) in [6, 6.07) is 34.3. The maximum absolute atomic E-state index is 10.9. The number of furan rings is 1. The first-order valence-corrected chi connectivity index (χ1v) is 20.2. The van der Waals surface area contributed by atoms with Gasteiger partial charge in [0.1, 0.15) is 11.2 Å². The lowest BCUT2D eigenvalue weighted by Crippen LogP contribution is -2.44. The SMILES string of the molecule is CC12CCC(C)(CC1)c1cc3c(cc12)oc1c3cc2c3c4c(c(C#N)cc3n3c5cc(C#N)c6c(c5c1c23)-c1ccccc1C6(C)C)C(C)(C)c1ccccc1-4.